The molecule has 0 aromatic carbocycles. The topological polar surface area (TPSA) is 57.6 Å². The molecule has 1 fully saturated rings. The van der Waals surface area contributed by atoms with Gasteiger partial charge in [-0.05, 0) is 18.8 Å². The third-order valence-corrected chi connectivity index (χ3v) is 4.18. The summed E-state index contributed by atoms with van der Waals surface area (Å²) in [7, 11) is 0. The van der Waals surface area contributed by atoms with E-state index in [-0.39, 0.29) is 17.7 Å². The first-order chi connectivity index (χ1) is 7.85. The summed E-state index contributed by atoms with van der Waals surface area (Å²) in [4.78, 5) is 25.2. The highest BCUT2D eigenvalue weighted by molar-refractivity contribution is 5.82. The van der Waals surface area contributed by atoms with Crippen molar-refractivity contribution >= 4 is 11.9 Å². The average Bonchev–Trinajstić information content (AvgIpc) is 2.73. The molecule has 1 aliphatic rings. The SMILES string of the molecule is CCC(C)C(=O)N1CCC(C(=O)O)(C(C)C)C1. The fourth-order valence-electron chi connectivity index (χ4n) is 2.40. The number of carbonyl (C=O) groups is 2. The lowest BCUT2D eigenvalue weighted by Crippen LogP contribution is -2.41. The van der Waals surface area contributed by atoms with E-state index in [9.17, 15) is 14.7 Å². The van der Waals surface area contributed by atoms with Gasteiger partial charge in [0.25, 0.3) is 0 Å². The highest BCUT2D eigenvalue weighted by atomic mass is 16.4. The highest BCUT2D eigenvalue weighted by Gasteiger charge is 2.48. The second-order valence-corrected chi connectivity index (χ2v) is 5.44. The summed E-state index contributed by atoms with van der Waals surface area (Å²) in [5.74, 6) is -0.635. The van der Waals surface area contributed by atoms with Gasteiger partial charge < -0.3 is 10.0 Å². The molecule has 0 spiro atoms. The van der Waals surface area contributed by atoms with Gasteiger partial charge in [-0.2, -0.15) is 0 Å². The number of carboxylic acids is 1. The second-order valence-electron chi connectivity index (χ2n) is 5.44. The molecule has 2 unspecified atom stereocenters. The zero-order valence-electron chi connectivity index (χ0n) is 11.2. The predicted molar refractivity (Wildman–Crippen MR) is 65.6 cm³/mol. The summed E-state index contributed by atoms with van der Waals surface area (Å²) in [5, 5.41) is 9.39. The van der Waals surface area contributed by atoms with Crippen molar-refractivity contribution in [2.24, 2.45) is 17.3 Å². The number of rotatable bonds is 4. The van der Waals surface area contributed by atoms with E-state index >= 15 is 0 Å². The molecular weight excluding hydrogens is 218 g/mol. The third-order valence-electron chi connectivity index (χ3n) is 4.18. The van der Waals surface area contributed by atoms with Gasteiger partial charge in [-0.1, -0.05) is 27.7 Å². The summed E-state index contributed by atoms with van der Waals surface area (Å²) in [5.41, 5.74) is -0.747. The van der Waals surface area contributed by atoms with Gasteiger partial charge in [-0.25, -0.2) is 0 Å². The molecule has 1 heterocycles. The summed E-state index contributed by atoms with van der Waals surface area (Å²) in [6.07, 6.45) is 1.37. The molecule has 1 aliphatic heterocycles. The Labute approximate surface area is 103 Å². The van der Waals surface area contributed by atoms with Gasteiger partial charge in [0.05, 0.1) is 5.41 Å². The van der Waals surface area contributed by atoms with Crippen LogP contribution in [0.4, 0.5) is 0 Å². The lowest BCUT2D eigenvalue weighted by Gasteiger charge is -2.29. The van der Waals surface area contributed by atoms with Crippen LogP contribution in [0.15, 0.2) is 0 Å². The summed E-state index contributed by atoms with van der Waals surface area (Å²) in [6.45, 7) is 8.66. The molecule has 1 N–H and O–H groups in total. The van der Waals surface area contributed by atoms with Crippen molar-refractivity contribution in [1.82, 2.24) is 4.90 Å². The molecule has 4 nitrogen and oxygen atoms in total. The zero-order chi connectivity index (χ0) is 13.2. The summed E-state index contributed by atoms with van der Waals surface area (Å²) in [6, 6.07) is 0. The zero-order valence-corrected chi connectivity index (χ0v) is 11.2. The van der Waals surface area contributed by atoms with Crippen molar-refractivity contribution in [3.63, 3.8) is 0 Å². The lowest BCUT2D eigenvalue weighted by molar-refractivity contribution is -0.151. The van der Waals surface area contributed by atoms with Crippen LogP contribution in [-0.4, -0.2) is 35.0 Å². The minimum atomic E-state index is -0.771. The number of hydrogen-bond acceptors (Lipinski definition) is 2. The fourth-order valence-corrected chi connectivity index (χ4v) is 2.40. The first kappa shape index (κ1) is 14.0. The van der Waals surface area contributed by atoms with E-state index in [1.807, 2.05) is 27.7 Å². The molecule has 2 atom stereocenters. The Balaban J connectivity index is 2.80. The van der Waals surface area contributed by atoms with Crippen LogP contribution in [0, 0.1) is 17.3 Å². The molecular formula is C13H23NO3. The normalized spacial score (nSPS) is 26.3. The predicted octanol–water partition coefficient (Wildman–Crippen LogP) is 1.99. The van der Waals surface area contributed by atoms with Crippen molar-refractivity contribution < 1.29 is 14.7 Å². The molecule has 17 heavy (non-hydrogen) atoms. The van der Waals surface area contributed by atoms with Crippen LogP contribution in [0.3, 0.4) is 0 Å². The third kappa shape index (κ3) is 2.45. The summed E-state index contributed by atoms with van der Waals surface area (Å²) >= 11 is 0. The Bertz CT molecular complexity index is 314. The molecule has 0 aromatic rings. The van der Waals surface area contributed by atoms with E-state index in [2.05, 4.69) is 0 Å². The Morgan fingerprint density at radius 1 is 1.35 bits per heavy atom. The van der Waals surface area contributed by atoms with Gasteiger partial charge in [0.1, 0.15) is 0 Å². The van der Waals surface area contributed by atoms with Gasteiger partial charge in [0, 0.05) is 19.0 Å². The van der Waals surface area contributed by atoms with Crippen LogP contribution >= 0.6 is 0 Å². The standard InChI is InChI=1S/C13H23NO3/c1-5-10(4)11(15)14-7-6-13(8-14,9(2)3)12(16)17/h9-10H,5-8H2,1-4H3,(H,16,17). The summed E-state index contributed by atoms with van der Waals surface area (Å²) < 4.78 is 0. The molecule has 4 heteroatoms. The maximum atomic E-state index is 12.0. The number of carbonyl (C=O) groups excluding carboxylic acids is 1. The van der Waals surface area contributed by atoms with Gasteiger partial charge in [0.15, 0.2) is 0 Å². The van der Waals surface area contributed by atoms with Crippen LogP contribution in [0.1, 0.15) is 40.5 Å². The first-order valence-electron chi connectivity index (χ1n) is 6.37. The quantitative estimate of drug-likeness (QED) is 0.819. The monoisotopic (exact) mass is 241 g/mol. The molecule has 1 saturated heterocycles. The number of carboxylic acid groups (broad SMARTS) is 1. The number of amides is 1. The smallest absolute Gasteiger partial charge is 0.311 e. The van der Waals surface area contributed by atoms with Crippen molar-refractivity contribution in [1.29, 1.82) is 0 Å². The number of likely N-dealkylation sites (tertiary alicyclic amines) is 1. The van der Waals surface area contributed by atoms with Crippen molar-refractivity contribution in [3.05, 3.63) is 0 Å². The molecule has 1 rings (SSSR count). The minimum absolute atomic E-state index is 0.00763. The van der Waals surface area contributed by atoms with E-state index in [1.165, 1.54) is 0 Å². The second kappa shape index (κ2) is 5.07. The maximum Gasteiger partial charge on any atom is 0.311 e. The van der Waals surface area contributed by atoms with Crippen molar-refractivity contribution in [2.45, 2.75) is 40.5 Å². The molecule has 0 radical (unpaired) electrons. The van der Waals surface area contributed by atoms with Gasteiger partial charge >= 0.3 is 5.97 Å². The van der Waals surface area contributed by atoms with E-state index in [4.69, 9.17) is 0 Å². The van der Waals surface area contributed by atoms with Gasteiger partial charge in [-0.3, -0.25) is 9.59 Å². The van der Waals surface area contributed by atoms with E-state index in [1.54, 1.807) is 4.90 Å². The van der Waals surface area contributed by atoms with Crippen LogP contribution in [0.2, 0.25) is 0 Å². The average molecular weight is 241 g/mol. The van der Waals surface area contributed by atoms with Crippen LogP contribution < -0.4 is 0 Å². The van der Waals surface area contributed by atoms with E-state index < -0.39 is 11.4 Å². The van der Waals surface area contributed by atoms with Crippen molar-refractivity contribution in [3.8, 4) is 0 Å². The van der Waals surface area contributed by atoms with Gasteiger partial charge in [-0.15, -0.1) is 0 Å². The Hall–Kier alpha value is -1.06. The number of hydrogen-bond donors (Lipinski definition) is 1. The molecule has 1 amide bonds. The maximum absolute atomic E-state index is 12.0. The fraction of sp³-hybridized carbons (Fsp3) is 0.846. The largest absolute Gasteiger partial charge is 0.481 e. The minimum Gasteiger partial charge on any atom is -0.481 e. The van der Waals surface area contributed by atoms with Crippen LogP contribution in [-0.2, 0) is 9.59 Å². The van der Waals surface area contributed by atoms with Crippen LogP contribution in [0.5, 0.6) is 0 Å². The molecule has 98 valence electrons. The van der Waals surface area contributed by atoms with E-state index in [0.29, 0.717) is 19.5 Å². The molecule has 0 bridgehead atoms. The Morgan fingerprint density at radius 3 is 2.29 bits per heavy atom. The lowest BCUT2D eigenvalue weighted by atomic mass is 9.76. The Morgan fingerprint density at radius 2 is 1.94 bits per heavy atom. The molecule has 0 aliphatic carbocycles. The Kier molecular flexibility index (Phi) is 4.17. The first-order valence-corrected chi connectivity index (χ1v) is 6.37. The highest BCUT2D eigenvalue weighted by Crippen LogP contribution is 2.38. The van der Waals surface area contributed by atoms with Crippen molar-refractivity contribution in [2.75, 3.05) is 13.1 Å². The van der Waals surface area contributed by atoms with Crippen LogP contribution in [0.25, 0.3) is 0 Å². The molecule has 0 aromatic heterocycles. The number of aliphatic carboxylic acids is 1. The van der Waals surface area contributed by atoms with Gasteiger partial charge in [0.2, 0.25) is 5.91 Å². The molecule has 0 saturated carbocycles. The van der Waals surface area contributed by atoms with E-state index in [0.717, 1.165) is 6.42 Å². The number of nitrogens with zero attached hydrogens (tertiary/aromatic N) is 1.